The summed E-state index contributed by atoms with van der Waals surface area (Å²) >= 11 is 0. The van der Waals surface area contributed by atoms with Crippen molar-refractivity contribution in [1.82, 2.24) is 15.1 Å². The van der Waals surface area contributed by atoms with Crippen molar-refractivity contribution in [2.24, 2.45) is 0 Å². The SMILES string of the molecule is CNC(=O)CN1CCN(C(=O)c2ccoc2)CC1. The fraction of sp³-hybridized carbons (Fsp3) is 0.500. The summed E-state index contributed by atoms with van der Waals surface area (Å²) in [5.74, 6) is -0.00652. The molecular weight excluding hydrogens is 234 g/mol. The van der Waals surface area contributed by atoms with Gasteiger partial charge in [0.25, 0.3) is 5.91 Å². The molecule has 18 heavy (non-hydrogen) atoms. The number of furan rings is 1. The van der Waals surface area contributed by atoms with Crippen molar-refractivity contribution in [2.45, 2.75) is 0 Å². The molecule has 0 spiro atoms. The largest absolute Gasteiger partial charge is 0.472 e. The van der Waals surface area contributed by atoms with Crippen LogP contribution in [0.3, 0.4) is 0 Å². The molecule has 0 atom stereocenters. The van der Waals surface area contributed by atoms with Gasteiger partial charge in [-0.05, 0) is 6.07 Å². The van der Waals surface area contributed by atoms with Crippen LogP contribution < -0.4 is 5.32 Å². The second-order valence-corrected chi connectivity index (χ2v) is 4.25. The van der Waals surface area contributed by atoms with Crippen LogP contribution in [0, 0.1) is 0 Å². The van der Waals surface area contributed by atoms with Crippen LogP contribution in [0.5, 0.6) is 0 Å². The maximum Gasteiger partial charge on any atom is 0.257 e. The molecule has 6 heteroatoms. The van der Waals surface area contributed by atoms with Crippen LogP contribution in [0.15, 0.2) is 23.0 Å². The number of carbonyl (C=O) groups is 2. The molecule has 1 fully saturated rings. The molecule has 6 nitrogen and oxygen atoms in total. The lowest BCUT2D eigenvalue weighted by Crippen LogP contribution is -2.50. The van der Waals surface area contributed by atoms with E-state index in [9.17, 15) is 9.59 Å². The van der Waals surface area contributed by atoms with Gasteiger partial charge in [0.1, 0.15) is 6.26 Å². The average molecular weight is 251 g/mol. The first kappa shape index (κ1) is 12.6. The predicted octanol–water partition coefficient (Wildman–Crippen LogP) is -0.217. The second-order valence-electron chi connectivity index (χ2n) is 4.25. The van der Waals surface area contributed by atoms with Gasteiger partial charge in [-0.25, -0.2) is 0 Å². The van der Waals surface area contributed by atoms with E-state index in [1.807, 2.05) is 4.90 Å². The van der Waals surface area contributed by atoms with Gasteiger partial charge in [-0.2, -0.15) is 0 Å². The third kappa shape index (κ3) is 2.89. The maximum atomic E-state index is 12.0. The summed E-state index contributed by atoms with van der Waals surface area (Å²) in [7, 11) is 1.63. The molecule has 1 aliphatic heterocycles. The Morgan fingerprint density at radius 3 is 2.61 bits per heavy atom. The van der Waals surface area contributed by atoms with Crippen molar-refractivity contribution in [3.63, 3.8) is 0 Å². The maximum absolute atomic E-state index is 12.0. The average Bonchev–Trinajstić information content (AvgIpc) is 2.92. The highest BCUT2D eigenvalue weighted by atomic mass is 16.3. The number of nitrogens with zero attached hydrogens (tertiary/aromatic N) is 2. The Morgan fingerprint density at radius 2 is 2.06 bits per heavy atom. The molecule has 0 aromatic carbocycles. The number of nitrogens with one attached hydrogen (secondary N) is 1. The van der Waals surface area contributed by atoms with Crippen LogP contribution in [-0.2, 0) is 4.79 Å². The summed E-state index contributed by atoms with van der Waals surface area (Å²) in [6, 6.07) is 1.67. The normalized spacial score (nSPS) is 16.6. The molecule has 0 aliphatic carbocycles. The van der Waals surface area contributed by atoms with E-state index in [1.165, 1.54) is 12.5 Å². The van der Waals surface area contributed by atoms with Crippen LogP contribution in [0.4, 0.5) is 0 Å². The van der Waals surface area contributed by atoms with Gasteiger partial charge >= 0.3 is 0 Å². The van der Waals surface area contributed by atoms with Crippen LogP contribution in [0.2, 0.25) is 0 Å². The molecule has 0 radical (unpaired) electrons. The lowest BCUT2D eigenvalue weighted by atomic mass is 10.2. The molecular formula is C12H17N3O3. The van der Waals surface area contributed by atoms with E-state index in [0.29, 0.717) is 25.2 Å². The first-order valence-corrected chi connectivity index (χ1v) is 5.95. The first-order valence-electron chi connectivity index (χ1n) is 5.95. The lowest BCUT2D eigenvalue weighted by Gasteiger charge is -2.34. The van der Waals surface area contributed by atoms with Crippen LogP contribution >= 0.6 is 0 Å². The predicted molar refractivity (Wildman–Crippen MR) is 65.1 cm³/mol. The fourth-order valence-electron chi connectivity index (χ4n) is 1.96. The van der Waals surface area contributed by atoms with Crippen molar-refractivity contribution >= 4 is 11.8 Å². The van der Waals surface area contributed by atoms with Gasteiger partial charge in [0, 0.05) is 33.2 Å². The number of piperazine rings is 1. The molecule has 2 rings (SSSR count). The Morgan fingerprint density at radius 1 is 1.33 bits per heavy atom. The third-order valence-electron chi connectivity index (χ3n) is 3.07. The number of likely N-dealkylation sites (N-methyl/N-ethyl adjacent to an activating group) is 1. The molecule has 98 valence electrons. The molecule has 1 saturated heterocycles. The number of rotatable bonds is 3. The minimum absolute atomic E-state index is 0.00427. The highest BCUT2D eigenvalue weighted by Crippen LogP contribution is 2.09. The summed E-state index contributed by atoms with van der Waals surface area (Å²) in [5.41, 5.74) is 0.578. The van der Waals surface area contributed by atoms with E-state index in [-0.39, 0.29) is 11.8 Å². The number of hydrogen-bond acceptors (Lipinski definition) is 4. The fourth-order valence-corrected chi connectivity index (χ4v) is 1.96. The van der Waals surface area contributed by atoms with Gasteiger partial charge < -0.3 is 14.6 Å². The van der Waals surface area contributed by atoms with Gasteiger partial charge in [0.2, 0.25) is 5.91 Å². The van der Waals surface area contributed by atoms with Gasteiger partial charge in [-0.3, -0.25) is 14.5 Å². The van der Waals surface area contributed by atoms with Crippen LogP contribution in [-0.4, -0.2) is 61.4 Å². The van der Waals surface area contributed by atoms with E-state index in [4.69, 9.17) is 4.42 Å². The highest BCUT2D eigenvalue weighted by molar-refractivity contribution is 5.93. The van der Waals surface area contributed by atoms with E-state index in [1.54, 1.807) is 18.0 Å². The minimum atomic E-state index is -0.0108. The minimum Gasteiger partial charge on any atom is -0.472 e. The zero-order chi connectivity index (χ0) is 13.0. The zero-order valence-corrected chi connectivity index (χ0v) is 10.4. The molecule has 2 heterocycles. The van der Waals surface area contributed by atoms with Crippen molar-refractivity contribution in [1.29, 1.82) is 0 Å². The van der Waals surface area contributed by atoms with Crippen molar-refractivity contribution in [2.75, 3.05) is 39.8 Å². The van der Waals surface area contributed by atoms with Gasteiger partial charge in [-0.15, -0.1) is 0 Å². The monoisotopic (exact) mass is 251 g/mol. The number of carbonyl (C=O) groups excluding carboxylic acids is 2. The molecule has 1 aromatic heterocycles. The van der Waals surface area contributed by atoms with Gasteiger partial charge in [0.15, 0.2) is 0 Å². The van der Waals surface area contributed by atoms with E-state index >= 15 is 0 Å². The third-order valence-corrected chi connectivity index (χ3v) is 3.07. The highest BCUT2D eigenvalue weighted by Gasteiger charge is 2.23. The van der Waals surface area contributed by atoms with Crippen LogP contribution in [0.1, 0.15) is 10.4 Å². The van der Waals surface area contributed by atoms with Crippen molar-refractivity contribution in [3.8, 4) is 0 Å². The molecule has 0 bridgehead atoms. The summed E-state index contributed by atoms with van der Waals surface area (Å²) in [6.07, 6.45) is 2.95. The van der Waals surface area contributed by atoms with Gasteiger partial charge in [0.05, 0.1) is 18.4 Å². The summed E-state index contributed by atoms with van der Waals surface area (Å²) in [4.78, 5) is 27.1. The molecule has 1 aromatic rings. The smallest absolute Gasteiger partial charge is 0.257 e. The van der Waals surface area contributed by atoms with Crippen molar-refractivity contribution < 1.29 is 14.0 Å². The standard InChI is InChI=1S/C12H17N3O3/c1-13-11(16)8-14-3-5-15(6-4-14)12(17)10-2-7-18-9-10/h2,7,9H,3-6,8H2,1H3,(H,13,16). The van der Waals surface area contributed by atoms with Crippen molar-refractivity contribution in [3.05, 3.63) is 24.2 Å². The Bertz CT molecular complexity index is 408. The summed E-state index contributed by atoms with van der Waals surface area (Å²) in [5, 5.41) is 2.60. The Labute approximate surface area is 106 Å². The quantitative estimate of drug-likeness (QED) is 0.807. The topological polar surface area (TPSA) is 65.8 Å². The molecule has 1 N–H and O–H groups in total. The van der Waals surface area contributed by atoms with Gasteiger partial charge in [-0.1, -0.05) is 0 Å². The first-order chi connectivity index (χ1) is 8.70. The molecule has 0 unspecified atom stereocenters. The Hall–Kier alpha value is -1.82. The summed E-state index contributed by atoms with van der Waals surface area (Å²) in [6.45, 7) is 3.11. The molecule has 0 saturated carbocycles. The Kier molecular flexibility index (Phi) is 3.99. The zero-order valence-electron chi connectivity index (χ0n) is 10.4. The van der Waals surface area contributed by atoms with Crippen LogP contribution in [0.25, 0.3) is 0 Å². The van der Waals surface area contributed by atoms with E-state index < -0.39 is 0 Å². The number of hydrogen-bond donors (Lipinski definition) is 1. The summed E-state index contributed by atoms with van der Waals surface area (Å²) < 4.78 is 4.90. The lowest BCUT2D eigenvalue weighted by molar-refractivity contribution is -0.122. The molecule has 1 aliphatic rings. The van der Waals surface area contributed by atoms with E-state index in [2.05, 4.69) is 5.32 Å². The number of amides is 2. The Balaban J connectivity index is 1.83. The molecule has 2 amide bonds. The van der Waals surface area contributed by atoms with E-state index in [0.717, 1.165) is 13.1 Å². The second kappa shape index (κ2) is 5.68.